The van der Waals surface area contributed by atoms with Gasteiger partial charge in [0.2, 0.25) is 0 Å². The predicted octanol–water partition coefficient (Wildman–Crippen LogP) is 1.36. The van der Waals surface area contributed by atoms with E-state index in [-0.39, 0.29) is 30.7 Å². The molecule has 1 amide bonds. The number of carbonyl (C=O) groups excluding carboxylic acids is 1. The van der Waals surface area contributed by atoms with Crippen molar-refractivity contribution in [3.05, 3.63) is 29.1 Å². The number of hydrogen-bond donors (Lipinski definition) is 1. The van der Waals surface area contributed by atoms with E-state index in [9.17, 15) is 9.59 Å². The van der Waals surface area contributed by atoms with Crippen LogP contribution in [-0.2, 0) is 9.53 Å². The molecular weight excluding hydrogens is 298 g/mol. The molecule has 1 aromatic heterocycles. The van der Waals surface area contributed by atoms with Crippen molar-refractivity contribution < 1.29 is 19.4 Å². The third-order valence-corrected chi connectivity index (χ3v) is 3.76. The zero-order chi connectivity index (χ0) is 16.8. The minimum absolute atomic E-state index is 0.0628. The third kappa shape index (κ3) is 4.50. The van der Waals surface area contributed by atoms with Crippen molar-refractivity contribution in [1.29, 1.82) is 5.26 Å². The van der Waals surface area contributed by atoms with E-state index in [2.05, 4.69) is 4.98 Å². The van der Waals surface area contributed by atoms with Gasteiger partial charge in [0, 0.05) is 19.7 Å². The Bertz CT molecular complexity index is 633. The number of pyridine rings is 1. The van der Waals surface area contributed by atoms with Crippen LogP contribution >= 0.6 is 0 Å². The zero-order valence-electron chi connectivity index (χ0n) is 13.0. The topological polar surface area (TPSA) is 104 Å². The predicted molar refractivity (Wildman–Crippen MR) is 80.8 cm³/mol. The highest BCUT2D eigenvalue weighted by molar-refractivity contribution is 5.92. The number of aryl methyl sites for hydroxylation is 1. The molecule has 1 N–H and O–H groups in total. The molecule has 1 aliphatic heterocycles. The summed E-state index contributed by atoms with van der Waals surface area (Å²) in [5.74, 6) is -1.30. The molecule has 0 saturated carbocycles. The summed E-state index contributed by atoms with van der Waals surface area (Å²) in [5, 5.41) is 17.8. The largest absolute Gasteiger partial charge is 0.481 e. The van der Waals surface area contributed by atoms with E-state index in [1.54, 1.807) is 13.0 Å². The molecule has 1 saturated heterocycles. The van der Waals surface area contributed by atoms with Crippen LogP contribution < -0.4 is 0 Å². The number of carboxylic acid groups (broad SMARTS) is 1. The molecular formula is C16H19N3O4. The van der Waals surface area contributed by atoms with Crippen LogP contribution in [0.1, 0.15) is 41.0 Å². The summed E-state index contributed by atoms with van der Waals surface area (Å²) in [5.41, 5.74) is 1.11. The van der Waals surface area contributed by atoms with Crippen molar-refractivity contribution in [3.63, 3.8) is 0 Å². The first kappa shape index (κ1) is 16.9. The quantitative estimate of drug-likeness (QED) is 0.849. The molecule has 23 heavy (non-hydrogen) atoms. The molecule has 0 unspecified atom stereocenters. The summed E-state index contributed by atoms with van der Waals surface area (Å²) in [4.78, 5) is 29.1. The fourth-order valence-electron chi connectivity index (χ4n) is 2.50. The van der Waals surface area contributed by atoms with E-state index in [4.69, 9.17) is 15.1 Å². The Kier molecular flexibility index (Phi) is 5.66. The Morgan fingerprint density at radius 2 is 2.30 bits per heavy atom. The summed E-state index contributed by atoms with van der Waals surface area (Å²) >= 11 is 0. The number of nitriles is 1. The highest BCUT2D eigenvalue weighted by atomic mass is 16.5. The maximum atomic E-state index is 12.6. The first-order valence-electron chi connectivity index (χ1n) is 7.51. The monoisotopic (exact) mass is 317 g/mol. The van der Waals surface area contributed by atoms with E-state index in [0.29, 0.717) is 24.4 Å². The molecule has 2 rings (SSSR count). The van der Waals surface area contributed by atoms with E-state index in [1.165, 1.54) is 11.0 Å². The van der Waals surface area contributed by atoms with E-state index < -0.39 is 5.97 Å². The van der Waals surface area contributed by atoms with Crippen molar-refractivity contribution in [1.82, 2.24) is 9.88 Å². The van der Waals surface area contributed by atoms with Crippen molar-refractivity contribution in [2.24, 2.45) is 0 Å². The van der Waals surface area contributed by atoms with Gasteiger partial charge in [0.05, 0.1) is 23.8 Å². The van der Waals surface area contributed by atoms with E-state index >= 15 is 0 Å². The number of aromatic nitrogens is 1. The molecule has 0 aliphatic carbocycles. The van der Waals surface area contributed by atoms with E-state index in [1.807, 2.05) is 6.07 Å². The zero-order valence-corrected chi connectivity index (χ0v) is 13.0. The maximum absolute atomic E-state index is 12.6. The standard InChI is InChI=1S/C16H19N3O4/c1-11-12(9-17)4-5-14(18-11)16(22)19(7-6-15(20)21)10-13-3-2-8-23-13/h4-5,13H,2-3,6-8,10H2,1H3,(H,20,21)/t13-/m0/s1. The average Bonchev–Trinajstić information content (AvgIpc) is 3.03. The van der Waals surface area contributed by atoms with Crippen molar-refractivity contribution >= 4 is 11.9 Å². The maximum Gasteiger partial charge on any atom is 0.305 e. The van der Waals surface area contributed by atoms with Gasteiger partial charge in [0.15, 0.2) is 0 Å². The van der Waals surface area contributed by atoms with Gasteiger partial charge >= 0.3 is 5.97 Å². The van der Waals surface area contributed by atoms with Crippen LogP contribution in [0.5, 0.6) is 0 Å². The lowest BCUT2D eigenvalue weighted by Crippen LogP contribution is -2.39. The van der Waals surface area contributed by atoms with Crippen LogP contribution in [-0.4, -0.2) is 52.7 Å². The van der Waals surface area contributed by atoms with Crippen LogP contribution in [0.15, 0.2) is 12.1 Å². The number of hydrogen-bond acceptors (Lipinski definition) is 5. The lowest BCUT2D eigenvalue weighted by molar-refractivity contribution is -0.137. The molecule has 0 aromatic carbocycles. The SMILES string of the molecule is Cc1nc(C(=O)N(CCC(=O)O)C[C@@H]2CCCO2)ccc1C#N. The van der Waals surface area contributed by atoms with Gasteiger partial charge in [-0.25, -0.2) is 4.98 Å². The highest BCUT2D eigenvalue weighted by Gasteiger charge is 2.24. The summed E-state index contributed by atoms with van der Waals surface area (Å²) in [6.45, 7) is 2.79. The number of amides is 1. The lowest BCUT2D eigenvalue weighted by Gasteiger charge is -2.24. The van der Waals surface area contributed by atoms with Gasteiger partial charge in [-0.3, -0.25) is 9.59 Å². The van der Waals surface area contributed by atoms with Crippen molar-refractivity contribution in [3.8, 4) is 6.07 Å². The first-order chi connectivity index (χ1) is 11.0. The lowest BCUT2D eigenvalue weighted by atomic mass is 10.1. The molecule has 7 nitrogen and oxygen atoms in total. The summed E-state index contributed by atoms with van der Waals surface area (Å²) < 4.78 is 5.53. The molecule has 122 valence electrons. The molecule has 7 heteroatoms. The second kappa shape index (κ2) is 7.70. The Labute approximate surface area is 134 Å². The molecule has 1 aromatic rings. The second-order valence-corrected chi connectivity index (χ2v) is 5.47. The van der Waals surface area contributed by atoms with Crippen LogP contribution in [0.3, 0.4) is 0 Å². The van der Waals surface area contributed by atoms with Gasteiger partial charge in [-0.1, -0.05) is 0 Å². The second-order valence-electron chi connectivity index (χ2n) is 5.47. The van der Waals surface area contributed by atoms with Crippen LogP contribution in [0.25, 0.3) is 0 Å². The smallest absolute Gasteiger partial charge is 0.305 e. The Morgan fingerprint density at radius 1 is 1.52 bits per heavy atom. The van der Waals surface area contributed by atoms with E-state index in [0.717, 1.165) is 12.8 Å². The normalized spacial score (nSPS) is 16.8. The van der Waals surface area contributed by atoms with Gasteiger partial charge < -0.3 is 14.7 Å². The molecule has 2 heterocycles. The number of rotatable bonds is 6. The number of nitrogens with zero attached hydrogens (tertiary/aromatic N) is 3. The van der Waals surface area contributed by atoms with Crippen molar-refractivity contribution in [2.75, 3.05) is 19.7 Å². The summed E-state index contributed by atoms with van der Waals surface area (Å²) in [6.07, 6.45) is 1.61. The third-order valence-electron chi connectivity index (χ3n) is 3.76. The molecule has 0 radical (unpaired) electrons. The van der Waals surface area contributed by atoms with Gasteiger partial charge in [0.25, 0.3) is 5.91 Å². The Hall–Kier alpha value is -2.46. The average molecular weight is 317 g/mol. The summed E-state index contributed by atoms with van der Waals surface area (Å²) in [7, 11) is 0. The summed E-state index contributed by atoms with van der Waals surface area (Å²) in [6, 6.07) is 5.05. The van der Waals surface area contributed by atoms with Gasteiger partial charge in [-0.2, -0.15) is 5.26 Å². The molecule has 1 fully saturated rings. The fraction of sp³-hybridized carbons (Fsp3) is 0.500. The number of ether oxygens (including phenoxy) is 1. The van der Waals surface area contributed by atoms with Crippen LogP contribution in [0.2, 0.25) is 0 Å². The van der Waals surface area contributed by atoms with Crippen molar-refractivity contribution in [2.45, 2.75) is 32.3 Å². The Balaban J connectivity index is 2.15. The van der Waals surface area contributed by atoms with Gasteiger partial charge in [-0.05, 0) is 31.9 Å². The number of aliphatic carboxylic acids is 1. The first-order valence-corrected chi connectivity index (χ1v) is 7.51. The molecule has 1 aliphatic rings. The van der Waals surface area contributed by atoms with Crippen LogP contribution in [0.4, 0.5) is 0 Å². The van der Waals surface area contributed by atoms with Crippen LogP contribution in [0, 0.1) is 18.3 Å². The molecule has 0 bridgehead atoms. The fourth-order valence-corrected chi connectivity index (χ4v) is 2.50. The minimum Gasteiger partial charge on any atom is -0.481 e. The van der Waals surface area contributed by atoms with Gasteiger partial charge in [-0.15, -0.1) is 0 Å². The number of carboxylic acids is 1. The Morgan fingerprint density at radius 3 is 2.87 bits per heavy atom. The van der Waals surface area contributed by atoms with Gasteiger partial charge in [0.1, 0.15) is 11.8 Å². The molecule has 0 spiro atoms. The minimum atomic E-state index is -0.959. The highest BCUT2D eigenvalue weighted by Crippen LogP contribution is 2.15. The number of carbonyl (C=O) groups is 2. The molecule has 1 atom stereocenters.